The van der Waals surface area contributed by atoms with Crippen molar-refractivity contribution in [3.8, 4) is 0 Å². The summed E-state index contributed by atoms with van der Waals surface area (Å²) in [6, 6.07) is 11.3. The van der Waals surface area contributed by atoms with Crippen LogP contribution in [0, 0.1) is 5.82 Å². The summed E-state index contributed by atoms with van der Waals surface area (Å²) in [5.74, 6) is -1.39. The number of hydrogen-bond donors (Lipinski definition) is 0. The Labute approximate surface area is 153 Å². The van der Waals surface area contributed by atoms with Crippen LogP contribution in [0.25, 0.3) is 10.1 Å². The Bertz CT molecular complexity index is 947. The molecule has 0 amide bonds. The van der Waals surface area contributed by atoms with Crippen molar-refractivity contribution in [1.29, 1.82) is 0 Å². The summed E-state index contributed by atoms with van der Waals surface area (Å²) >= 11 is 7.21. The van der Waals surface area contributed by atoms with Gasteiger partial charge in [-0.25, -0.2) is 9.18 Å². The average molecular weight is 377 g/mol. The number of carbonyl (C=O) groups excluding carboxylic acids is 2. The van der Waals surface area contributed by atoms with Crippen LogP contribution >= 0.6 is 22.9 Å². The molecular formula is C19H14ClFO3S. The van der Waals surface area contributed by atoms with Crippen LogP contribution in [0.5, 0.6) is 0 Å². The van der Waals surface area contributed by atoms with Gasteiger partial charge in [0.05, 0.1) is 5.02 Å². The molecule has 0 unspecified atom stereocenters. The van der Waals surface area contributed by atoms with Gasteiger partial charge in [-0.3, -0.25) is 4.79 Å². The number of hydrogen-bond acceptors (Lipinski definition) is 4. The standard InChI is InChI=1S/C19H14ClFO3S/c1-2-11-3-5-12(6-4-11)15(22)10-24-19(23)18-17(20)14-8-7-13(21)9-16(14)25-18/h3-9H,2,10H2,1H3. The van der Waals surface area contributed by atoms with Crippen molar-refractivity contribution in [1.82, 2.24) is 0 Å². The molecule has 6 heteroatoms. The highest BCUT2D eigenvalue weighted by atomic mass is 35.5. The zero-order chi connectivity index (χ0) is 18.0. The Balaban J connectivity index is 1.71. The summed E-state index contributed by atoms with van der Waals surface area (Å²) in [7, 11) is 0. The zero-order valence-corrected chi connectivity index (χ0v) is 14.9. The van der Waals surface area contributed by atoms with E-state index in [9.17, 15) is 14.0 Å². The molecule has 3 rings (SSSR count). The highest BCUT2D eigenvalue weighted by Crippen LogP contribution is 2.36. The van der Waals surface area contributed by atoms with E-state index in [2.05, 4.69) is 0 Å². The quantitative estimate of drug-likeness (QED) is 0.448. The number of Topliss-reactive ketones (excluding diaryl/α,β-unsaturated/α-hetero) is 1. The van der Waals surface area contributed by atoms with Crippen LogP contribution in [0.1, 0.15) is 32.5 Å². The minimum Gasteiger partial charge on any atom is -0.453 e. The van der Waals surface area contributed by atoms with Gasteiger partial charge in [-0.1, -0.05) is 42.8 Å². The zero-order valence-electron chi connectivity index (χ0n) is 13.3. The number of carbonyl (C=O) groups is 2. The summed E-state index contributed by atoms with van der Waals surface area (Å²) in [6.07, 6.45) is 0.883. The topological polar surface area (TPSA) is 43.4 Å². The van der Waals surface area contributed by atoms with Crippen LogP contribution in [0.2, 0.25) is 5.02 Å². The molecule has 2 aromatic carbocycles. The lowest BCUT2D eigenvalue weighted by atomic mass is 10.1. The minimum absolute atomic E-state index is 0.163. The third-order valence-electron chi connectivity index (χ3n) is 3.80. The van der Waals surface area contributed by atoms with Crippen LogP contribution in [0.3, 0.4) is 0 Å². The number of fused-ring (bicyclic) bond motifs is 1. The van der Waals surface area contributed by atoms with E-state index < -0.39 is 11.8 Å². The molecule has 1 aromatic heterocycles. The van der Waals surface area contributed by atoms with Gasteiger partial charge in [0.15, 0.2) is 12.4 Å². The fourth-order valence-corrected chi connectivity index (χ4v) is 3.80. The van der Waals surface area contributed by atoms with Crippen molar-refractivity contribution in [3.63, 3.8) is 0 Å². The molecule has 1 heterocycles. The van der Waals surface area contributed by atoms with E-state index >= 15 is 0 Å². The van der Waals surface area contributed by atoms with Crippen LogP contribution in [0.15, 0.2) is 42.5 Å². The fourth-order valence-electron chi connectivity index (χ4n) is 2.38. The van der Waals surface area contributed by atoms with Crippen molar-refractivity contribution in [3.05, 3.63) is 69.3 Å². The molecule has 0 saturated carbocycles. The lowest BCUT2D eigenvalue weighted by Crippen LogP contribution is -2.13. The molecule has 0 aliphatic rings. The Morgan fingerprint density at radius 1 is 1.16 bits per heavy atom. The predicted molar refractivity (Wildman–Crippen MR) is 97.2 cm³/mol. The number of thiophene rings is 1. The SMILES string of the molecule is CCc1ccc(C(=O)COC(=O)c2sc3cc(F)ccc3c2Cl)cc1. The maximum atomic E-state index is 13.3. The predicted octanol–water partition coefficient (Wildman–Crippen LogP) is 5.30. The van der Waals surface area contributed by atoms with Crippen LogP contribution < -0.4 is 0 Å². The largest absolute Gasteiger partial charge is 0.453 e. The maximum Gasteiger partial charge on any atom is 0.350 e. The smallest absolute Gasteiger partial charge is 0.350 e. The van der Waals surface area contributed by atoms with E-state index in [1.165, 1.54) is 18.2 Å². The van der Waals surface area contributed by atoms with Gasteiger partial charge in [-0.15, -0.1) is 11.3 Å². The van der Waals surface area contributed by atoms with Crippen molar-refractivity contribution >= 4 is 44.8 Å². The lowest BCUT2D eigenvalue weighted by molar-refractivity contribution is 0.0480. The molecule has 0 aliphatic carbocycles. The van der Waals surface area contributed by atoms with Crippen LogP contribution in [0.4, 0.5) is 4.39 Å². The molecule has 0 bridgehead atoms. The molecule has 128 valence electrons. The summed E-state index contributed by atoms with van der Waals surface area (Å²) in [6.45, 7) is 1.66. The first-order valence-electron chi connectivity index (χ1n) is 7.66. The van der Waals surface area contributed by atoms with E-state index in [1.54, 1.807) is 12.1 Å². The molecule has 3 nitrogen and oxygen atoms in total. The molecule has 3 aromatic rings. The first-order valence-corrected chi connectivity index (χ1v) is 8.86. The van der Waals surface area contributed by atoms with E-state index in [0.29, 0.717) is 15.6 Å². The van der Waals surface area contributed by atoms with Gasteiger partial charge < -0.3 is 4.74 Å². The summed E-state index contributed by atoms with van der Waals surface area (Å²) < 4.78 is 18.9. The summed E-state index contributed by atoms with van der Waals surface area (Å²) in [5.41, 5.74) is 1.60. The molecule has 0 saturated heterocycles. The van der Waals surface area contributed by atoms with Gasteiger partial charge in [0.25, 0.3) is 0 Å². The van der Waals surface area contributed by atoms with Crippen molar-refractivity contribution in [2.75, 3.05) is 6.61 Å². The molecule has 0 aliphatic heterocycles. The first-order chi connectivity index (χ1) is 12.0. The van der Waals surface area contributed by atoms with Gasteiger partial charge in [-0.2, -0.15) is 0 Å². The Morgan fingerprint density at radius 2 is 1.88 bits per heavy atom. The van der Waals surface area contributed by atoms with E-state index in [-0.39, 0.29) is 22.3 Å². The number of benzene rings is 2. The Kier molecular flexibility index (Phi) is 5.16. The van der Waals surface area contributed by atoms with Crippen LogP contribution in [-0.4, -0.2) is 18.4 Å². The van der Waals surface area contributed by atoms with Gasteiger partial charge >= 0.3 is 5.97 Å². The molecule has 0 spiro atoms. The van der Waals surface area contributed by atoms with Crippen molar-refractivity contribution in [2.24, 2.45) is 0 Å². The summed E-state index contributed by atoms with van der Waals surface area (Å²) in [4.78, 5) is 24.5. The number of aryl methyl sites for hydroxylation is 1. The first kappa shape index (κ1) is 17.6. The van der Waals surface area contributed by atoms with E-state index in [4.69, 9.17) is 16.3 Å². The molecule has 25 heavy (non-hydrogen) atoms. The highest BCUT2D eigenvalue weighted by Gasteiger charge is 2.20. The second kappa shape index (κ2) is 7.33. The fraction of sp³-hybridized carbons (Fsp3) is 0.158. The van der Waals surface area contributed by atoms with E-state index in [1.807, 2.05) is 19.1 Å². The molecule has 0 fully saturated rings. The molecule has 0 atom stereocenters. The third kappa shape index (κ3) is 3.72. The third-order valence-corrected chi connectivity index (χ3v) is 5.43. The number of esters is 1. The van der Waals surface area contributed by atoms with Crippen molar-refractivity contribution < 1.29 is 18.7 Å². The minimum atomic E-state index is -0.690. The second-order valence-electron chi connectivity index (χ2n) is 5.44. The lowest BCUT2D eigenvalue weighted by Gasteiger charge is -2.04. The Morgan fingerprint density at radius 3 is 2.56 bits per heavy atom. The highest BCUT2D eigenvalue weighted by molar-refractivity contribution is 7.21. The normalized spacial score (nSPS) is 10.8. The van der Waals surface area contributed by atoms with Gasteiger partial charge in [0, 0.05) is 15.6 Å². The number of halogens is 2. The van der Waals surface area contributed by atoms with E-state index in [0.717, 1.165) is 23.3 Å². The molecule has 0 radical (unpaired) electrons. The maximum absolute atomic E-state index is 13.3. The number of rotatable bonds is 5. The number of ether oxygens (including phenoxy) is 1. The molecular weight excluding hydrogens is 363 g/mol. The number of ketones is 1. The monoisotopic (exact) mass is 376 g/mol. The molecule has 0 N–H and O–H groups in total. The van der Waals surface area contributed by atoms with Crippen LogP contribution in [-0.2, 0) is 11.2 Å². The van der Waals surface area contributed by atoms with Gasteiger partial charge in [0.2, 0.25) is 0 Å². The van der Waals surface area contributed by atoms with Crippen molar-refractivity contribution in [2.45, 2.75) is 13.3 Å². The summed E-state index contributed by atoms with van der Waals surface area (Å²) in [5, 5.41) is 0.797. The Hall–Kier alpha value is -2.24. The second-order valence-corrected chi connectivity index (χ2v) is 6.87. The average Bonchev–Trinajstić information content (AvgIpc) is 2.95. The van der Waals surface area contributed by atoms with Gasteiger partial charge in [-0.05, 0) is 30.2 Å². The van der Waals surface area contributed by atoms with Gasteiger partial charge in [0.1, 0.15) is 10.7 Å².